The molecule has 2 aliphatic heterocycles. The second-order valence-corrected chi connectivity index (χ2v) is 7.55. The van der Waals surface area contributed by atoms with Gasteiger partial charge < -0.3 is 28.6 Å². The Labute approximate surface area is 187 Å². The van der Waals surface area contributed by atoms with E-state index in [9.17, 15) is 4.79 Å². The monoisotopic (exact) mass is 440 g/mol. The van der Waals surface area contributed by atoms with Gasteiger partial charge in [0.25, 0.3) is 0 Å². The number of hydrogen-bond donors (Lipinski definition) is 0. The van der Waals surface area contributed by atoms with Gasteiger partial charge in [-0.25, -0.2) is 0 Å². The van der Waals surface area contributed by atoms with Crippen LogP contribution in [-0.4, -0.2) is 70.0 Å². The number of carbonyl (C=O) groups excluding carboxylic acids is 1. The summed E-state index contributed by atoms with van der Waals surface area (Å²) in [4.78, 5) is 16.9. The maximum absolute atomic E-state index is 12.7. The van der Waals surface area contributed by atoms with Crippen molar-refractivity contribution in [2.75, 3.05) is 54.3 Å². The Hall–Kier alpha value is -3.39. The third-order valence-corrected chi connectivity index (χ3v) is 5.67. The molecule has 8 nitrogen and oxygen atoms in total. The van der Waals surface area contributed by atoms with Gasteiger partial charge in [-0.1, -0.05) is 6.07 Å². The van der Waals surface area contributed by atoms with E-state index in [2.05, 4.69) is 11.0 Å². The van der Waals surface area contributed by atoms with Gasteiger partial charge in [-0.3, -0.25) is 9.69 Å². The van der Waals surface area contributed by atoms with E-state index < -0.39 is 0 Å². The summed E-state index contributed by atoms with van der Waals surface area (Å²) in [6, 6.07) is 9.67. The first kappa shape index (κ1) is 21.8. The Morgan fingerprint density at radius 1 is 0.938 bits per heavy atom. The van der Waals surface area contributed by atoms with Crippen LogP contribution in [0.25, 0.3) is 6.08 Å². The first-order valence-electron chi connectivity index (χ1n) is 10.5. The van der Waals surface area contributed by atoms with E-state index in [1.54, 1.807) is 39.5 Å². The third-order valence-electron chi connectivity index (χ3n) is 5.67. The largest absolute Gasteiger partial charge is 0.493 e. The minimum absolute atomic E-state index is 0.0235. The second-order valence-electron chi connectivity index (χ2n) is 7.55. The molecule has 2 aromatic rings. The molecule has 0 radical (unpaired) electrons. The molecule has 1 saturated heterocycles. The van der Waals surface area contributed by atoms with Crippen molar-refractivity contribution in [3.63, 3.8) is 0 Å². The molecule has 2 aromatic carbocycles. The lowest BCUT2D eigenvalue weighted by atomic mass is 10.1. The molecule has 0 saturated carbocycles. The zero-order valence-corrected chi connectivity index (χ0v) is 18.6. The van der Waals surface area contributed by atoms with Gasteiger partial charge in [-0.05, 0) is 35.9 Å². The highest BCUT2D eigenvalue weighted by atomic mass is 16.7. The fraction of sp³-hybridized carbons (Fsp3) is 0.375. The molecular formula is C24H28N2O6. The molecule has 1 amide bonds. The number of rotatable bonds is 7. The average Bonchev–Trinajstić information content (AvgIpc) is 3.30. The number of piperazine rings is 1. The number of ether oxygens (including phenoxy) is 5. The summed E-state index contributed by atoms with van der Waals surface area (Å²) in [5.74, 6) is 3.18. The van der Waals surface area contributed by atoms with E-state index >= 15 is 0 Å². The summed E-state index contributed by atoms with van der Waals surface area (Å²) in [5.41, 5.74) is 1.93. The van der Waals surface area contributed by atoms with Gasteiger partial charge in [0.1, 0.15) is 0 Å². The zero-order chi connectivity index (χ0) is 22.5. The van der Waals surface area contributed by atoms with Crippen molar-refractivity contribution in [3.05, 3.63) is 47.5 Å². The van der Waals surface area contributed by atoms with Gasteiger partial charge in [0, 0.05) is 44.4 Å². The fourth-order valence-corrected chi connectivity index (χ4v) is 3.95. The number of benzene rings is 2. The zero-order valence-electron chi connectivity index (χ0n) is 18.6. The minimum atomic E-state index is -0.0235. The quantitative estimate of drug-likeness (QED) is 0.613. The molecule has 1 fully saturated rings. The van der Waals surface area contributed by atoms with E-state index in [0.717, 1.165) is 36.7 Å². The lowest BCUT2D eigenvalue weighted by Gasteiger charge is -2.34. The summed E-state index contributed by atoms with van der Waals surface area (Å²) in [5, 5.41) is 0. The normalized spacial score (nSPS) is 15.8. The van der Waals surface area contributed by atoms with E-state index in [1.807, 2.05) is 23.1 Å². The molecule has 0 aromatic heterocycles. The van der Waals surface area contributed by atoms with Crippen molar-refractivity contribution in [3.8, 4) is 28.7 Å². The Balaban J connectivity index is 1.34. The van der Waals surface area contributed by atoms with E-state index in [0.29, 0.717) is 30.3 Å². The summed E-state index contributed by atoms with van der Waals surface area (Å²) < 4.78 is 27.0. The molecule has 0 bridgehead atoms. The summed E-state index contributed by atoms with van der Waals surface area (Å²) >= 11 is 0. The van der Waals surface area contributed by atoms with Gasteiger partial charge in [0.2, 0.25) is 18.4 Å². The predicted molar refractivity (Wildman–Crippen MR) is 120 cm³/mol. The van der Waals surface area contributed by atoms with Crippen LogP contribution < -0.4 is 23.7 Å². The first-order valence-corrected chi connectivity index (χ1v) is 10.5. The second kappa shape index (κ2) is 9.82. The van der Waals surface area contributed by atoms with Crippen molar-refractivity contribution >= 4 is 12.0 Å². The smallest absolute Gasteiger partial charge is 0.246 e. The average molecular weight is 440 g/mol. The van der Waals surface area contributed by atoms with Gasteiger partial charge in [0.15, 0.2) is 23.0 Å². The molecule has 2 aliphatic rings. The van der Waals surface area contributed by atoms with Gasteiger partial charge in [-0.15, -0.1) is 0 Å². The lowest BCUT2D eigenvalue weighted by molar-refractivity contribution is -0.127. The highest BCUT2D eigenvalue weighted by molar-refractivity contribution is 5.92. The standard InChI is InChI=1S/C24H28N2O6/c1-28-20-8-5-18(23(29-2)24(20)30-3)6-9-22(27)26-12-10-25(11-13-26)15-17-4-7-19-21(14-17)32-16-31-19/h4-9,14H,10-13,15-16H2,1-3H3/b9-6+. The number of methoxy groups -OCH3 is 3. The van der Waals surface area contributed by atoms with Crippen LogP contribution in [-0.2, 0) is 11.3 Å². The number of nitrogens with zero attached hydrogens (tertiary/aromatic N) is 2. The molecule has 0 unspecified atom stereocenters. The van der Waals surface area contributed by atoms with Crippen LogP contribution in [0, 0.1) is 0 Å². The van der Waals surface area contributed by atoms with Crippen LogP contribution in [0.3, 0.4) is 0 Å². The summed E-state index contributed by atoms with van der Waals surface area (Å²) in [7, 11) is 4.69. The van der Waals surface area contributed by atoms with Crippen molar-refractivity contribution in [1.29, 1.82) is 0 Å². The SMILES string of the molecule is COc1ccc(/C=C/C(=O)N2CCN(Cc3ccc4c(c3)OCO4)CC2)c(OC)c1OC. The maximum Gasteiger partial charge on any atom is 0.246 e. The lowest BCUT2D eigenvalue weighted by Crippen LogP contribution is -2.47. The van der Waals surface area contributed by atoms with E-state index in [-0.39, 0.29) is 12.7 Å². The van der Waals surface area contributed by atoms with Crippen molar-refractivity contribution in [1.82, 2.24) is 9.80 Å². The van der Waals surface area contributed by atoms with Crippen molar-refractivity contribution in [2.45, 2.75) is 6.54 Å². The van der Waals surface area contributed by atoms with Crippen LogP contribution >= 0.6 is 0 Å². The molecule has 170 valence electrons. The number of amides is 1. The number of carbonyl (C=O) groups is 1. The van der Waals surface area contributed by atoms with E-state index in [4.69, 9.17) is 23.7 Å². The van der Waals surface area contributed by atoms with Crippen LogP contribution in [0.15, 0.2) is 36.4 Å². The summed E-state index contributed by atoms with van der Waals surface area (Å²) in [6.45, 7) is 4.08. The highest BCUT2D eigenvalue weighted by Crippen LogP contribution is 2.40. The molecule has 8 heteroatoms. The molecule has 32 heavy (non-hydrogen) atoms. The topological polar surface area (TPSA) is 69.7 Å². The molecule has 4 rings (SSSR count). The fourth-order valence-electron chi connectivity index (χ4n) is 3.95. The third kappa shape index (κ3) is 4.60. The van der Waals surface area contributed by atoms with Crippen molar-refractivity contribution in [2.24, 2.45) is 0 Å². The van der Waals surface area contributed by atoms with Crippen LogP contribution in [0.4, 0.5) is 0 Å². The van der Waals surface area contributed by atoms with Crippen LogP contribution in [0.1, 0.15) is 11.1 Å². The Morgan fingerprint density at radius 2 is 1.69 bits per heavy atom. The maximum atomic E-state index is 12.7. The number of fused-ring (bicyclic) bond motifs is 1. The minimum Gasteiger partial charge on any atom is -0.493 e. The molecule has 0 N–H and O–H groups in total. The molecular weight excluding hydrogens is 412 g/mol. The predicted octanol–water partition coefficient (Wildman–Crippen LogP) is 2.80. The Kier molecular flexibility index (Phi) is 6.70. The number of hydrogen-bond acceptors (Lipinski definition) is 7. The first-order chi connectivity index (χ1) is 15.6. The van der Waals surface area contributed by atoms with Crippen LogP contribution in [0.2, 0.25) is 0 Å². The molecule has 0 atom stereocenters. The van der Waals surface area contributed by atoms with Gasteiger partial charge in [-0.2, -0.15) is 0 Å². The van der Waals surface area contributed by atoms with Crippen LogP contribution in [0.5, 0.6) is 28.7 Å². The molecule has 0 spiro atoms. The Morgan fingerprint density at radius 3 is 2.41 bits per heavy atom. The molecule has 0 aliphatic carbocycles. The van der Waals surface area contributed by atoms with Gasteiger partial charge in [0.05, 0.1) is 21.3 Å². The van der Waals surface area contributed by atoms with Gasteiger partial charge >= 0.3 is 0 Å². The Bertz CT molecular complexity index is 998. The van der Waals surface area contributed by atoms with Crippen molar-refractivity contribution < 1.29 is 28.5 Å². The highest BCUT2D eigenvalue weighted by Gasteiger charge is 2.21. The van der Waals surface area contributed by atoms with E-state index in [1.165, 1.54) is 5.56 Å². The summed E-state index contributed by atoms with van der Waals surface area (Å²) in [6.07, 6.45) is 3.33. The molecule has 2 heterocycles.